The summed E-state index contributed by atoms with van der Waals surface area (Å²) in [6.07, 6.45) is 1.73. The van der Waals surface area contributed by atoms with Crippen molar-refractivity contribution in [1.82, 2.24) is 14.9 Å². The van der Waals surface area contributed by atoms with E-state index in [0.29, 0.717) is 25.3 Å². The largest absolute Gasteiger partial charge is 0.351 e. The lowest BCUT2D eigenvalue weighted by Crippen LogP contribution is -2.53. The van der Waals surface area contributed by atoms with Crippen LogP contribution in [0.4, 0.5) is 16.3 Å². The average Bonchev–Trinajstić information content (AvgIpc) is 2.88. The average molecular weight is 337 g/mol. The fourth-order valence-electron chi connectivity index (χ4n) is 3.43. The Morgan fingerprint density at radius 1 is 1.08 bits per heavy atom. The Hall–Kier alpha value is -2.96. The smallest absolute Gasteiger partial charge is 0.332 e. The van der Waals surface area contributed by atoms with Crippen LogP contribution in [-0.4, -0.2) is 52.5 Å². The molecule has 2 fully saturated rings. The van der Waals surface area contributed by atoms with Crippen LogP contribution in [0.2, 0.25) is 0 Å². The molecule has 7 heteroatoms. The molecule has 128 valence electrons. The molecule has 0 saturated carbocycles. The van der Waals surface area contributed by atoms with Gasteiger partial charge in [0.1, 0.15) is 11.9 Å². The summed E-state index contributed by atoms with van der Waals surface area (Å²) in [5.41, 5.74) is 2.28. The molecule has 2 aliphatic rings. The Morgan fingerprint density at radius 3 is 2.60 bits per heavy atom. The van der Waals surface area contributed by atoms with Crippen LogP contribution in [0.1, 0.15) is 11.4 Å². The molecule has 1 unspecified atom stereocenters. The molecule has 25 heavy (non-hydrogen) atoms. The van der Waals surface area contributed by atoms with Gasteiger partial charge >= 0.3 is 6.03 Å². The first-order chi connectivity index (χ1) is 12.1. The van der Waals surface area contributed by atoms with Crippen molar-refractivity contribution in [3.05, 3.63) is 47.9 Å². The quantitative estimate of drug-likeness (QED) is 0.781. The Labute approximate surface area is 145 Å². The highest BCUT2D eigenvalue weighted by Gasteiger charge is 2.48. The third-order valence-corrected chi connectivity index (χ3v) is 4.69. The van der Waals surface area contributed by atoms with Gasteiger partial charge in [-0.15, -0.1) is 0 Å². The number of piperazine rings is 1. The van der Waals surface area contributed by atoms with Crippen molar-refractivity contribution in [3.63, 3.8) is 0 Å². The van der Waals surface area contributed by atoms with E-state index in [4.69, 9.17) is 0 Å². The first-order valence-corrected chi connectivity index (χ1v) is 8.31. The minimum absolute atomic E-state index is 0.181. The van der Waals surface area contributed by atoms with Gasteiger partial charge in [0.05, 0.1) is 17.1 Å². The van der Waals surface area contributed by atoms with E-state index in [1.165, 1.54) is 4.90 Å². The number of carbonyl (C=O) groups excluding carboxylic acids is 2. The Kier molecular flexibility index (Phi) is 3.63. The van der Waals surface area contributed by atoms with Crippen molar-refractivity contribution in [1.29, 1.82) is 0 Å². The van der Waals surface area contributed by atoms with Gasteiger partial charge in [-0.1, -0.05) is 18.2 Å². The molecule has 0 bridgehead atoms. The minimum atomic E-state index is -0.483. The third kappa shape index (κ3) is 2.52. The Morgan fingerprint density at radius 2 is 1.84 bits per heavy atom. The van der Waals surface area contributed by atoms with Crippen molar-refractivity contribution in [2.75, 3.05) is 29.4 Å². The van der Waals surface area contributed by atoms with Crippen LogP contribution in [0, 0.1) is 13.8 Å². The second-order valence-corrected chi connectivity index (χ2v) is 6.37. The second kappa shape index (κ2) is 5.84. The molecule has 3 heterocycles. The molecule has 3 amide bonds. The molecule has 4 rings (SSSR count). The Balaban J connectivity index is 1.62. The summed E-state index contributed by atoms with van der Waals surface area (Å²) < 4.78 is 0. The zero-order valence-corrected chi connectivity index (χ0v) is 14.2. The maximum Gasteiger partial charge on any atom is 0.332 e. The van der Waals surface area contributed by atoms with Gasteiger partial charge in [-0.05, 0) is 26.0 Å². The number of fused-ring (bicyclic) bond motifs is 1. The predicted molar refractivity (Wildman–Crippen MR) is 93.5 cm³/mol. The van der Waals surface area contributed by atoms with Crippen molar-refractivity contribution >= 4 is 23.4 Å². The SMILES string of the molecule is Cc1cnc(C)c(N2CCN3C(=O)N(c4ccccc4)C(=O)C3C2)n1. The summed E-state index contributed by atoms with van der Waals surface area (Å²) >= 11 is 0. The predicted octanol–water partition coefficient (Wildman–Crippen LogP) is 1.75. The van der Waals surface area contributed by atoms with Crippen LogP contribution < -0.4 is 9.80 Å². The number of aryl methyl sites for hydroxylation is 2. The molecular weight excluding hydrogens is 318 g/mol. The van der Waals surface area contributed by atoms with Crippen molar-refractivity contribution in [3.8, 4) is 0 Å². The van der Waals surface area contributed by atoms with Gasteiger partial charge in [-0.25, -0.2) is 14.7 Å². The molecule has 0 N–H and O–H groups in total. The number of nitrogens with zero attached hydrogens (tertiary/aromatic N) is 5. The molecule has 1 aromatic heterocycles. The highest BCUT2D eigenvalue weighted by molar-refractivity contribution is 6.21. The number of amides is 3. The molecule has 1 atom stereocenters. The van der Waals surface area contributed by atoms with E-state index in [-0.39, 0.29) is 11.9 Å². The molecule has 1 aromatic carbocycles. The lowest BCUT2D eigenvalue weighted by Gasteiger charge is -2.36. The number of aromatic nitrogens is 2. The fraction of sp³-hybridized carbons (Fsp3) is 0.333. The highest BCUT2D eigenvalue weighted by atomic mass is 16.2. The van der Waals surface area contributed by atoms with Crippen LogP contribution >= 0.6 is 0 Å². The Bertz CT molecular complexity index is 839. The second-order valence-electron chi connectivity index (χ2n) is 6.37. The zero-order valence-electron chi connectivity index (χ0n) is 14.2. The van der Waals surface area contributed by atoms with Gasteiger partial charge in [0.25, 0.3) is 5.91 Å². The number of urea groups is 1. The normalized spacial score (nSPS) is 20.2. The fourth-order valence-corrected chi connectivity index (χ4v) is 3.43. The van der Waals surface area contributed by atoms with Crippen LogP contribution in [0.3, 0.4) is 0 Å². The van der Waals surface area contributed by atoms with Crippen molar-refractivity contribution in [2.45, 2.75) is 19.9 Å². The van der Waals surface area contributed by atoms with E-state index in [0.717, 1.165) is 17.2 Å². The summed E-state index contributed by atoms with van der Waals surface area (Å²) in [6, 6.07) is 8.35. The van der Waals surface area contributed by atoms with Gasteiger partial charge < -0.3 is 9.80 Å². The number of rotatable bonds is 2. The van der Waals surface area contributed by atoms with Gasteiger partial charge in [0.15, 0.2) is 0 Å². The highest BCUT2D eigenvalue weighted by Crippen LogP contribution is 2.29. The van der Waals surface area contributed by atoms with E-state index in [1.807, 2.05) is 32.0 Å². The first kappa shape index (κ1) is 15.6. The van der Waals surface area contributed by atoms with E-state index < -0.39 is 6.04 Å². The molecule has 2 saturated heterocycles. The van der Waals surface area contributed by atoms with Crippen LogP contribution in [0.5, 0.6) is 0 Å². The minimum Gasteiger partial charge on any atom is -0.351 e. The molecule has 2 aromatic rings. The monoisotopic (exact) mass is 337 g/mol. The lowest BCUT2D eigenvalue weighted by atomic mass is 10.1. The summed E-state index contributed by atoms with van der Waals surface area (Å²) in [5, 5.41) is 0. The van der Waals surface area contributed by atoms with E-state index in [1.54, 1.807) is 23.2 Å². The maximum atomic E-state index is 12.9. The molecule has 0 aliphatic carbocycles. The van der Waals surface area contributed by atoms with Crippen LogP contribution in [0.25, 0.3) is 0 Å². The number of imide groups is 1. The summed E-state index contributed by atoms with van der Waals surface area (Å²) in [4.78, 5) is 39.5. The van der Waals surface area contributed by atoms with Gasteiger partial charge in [-0.2, -0.15) is 0 Å². The molecule has 0 radical (unpaired) electrons. The van der Waals surface area contributed by atoms with Gasteiger partial charge in [-0.3, -0.25) is 9.78 Å². The number of carbonyl (C=O) groups is 2. The summed E-state index contributed by atoms with van der Waals surface area (Å²) in [6.45, 7) is 5.37. The molecule has 7 nitrogen and oxygen atoms in total. The number of hydrogen-bond acceptors (Lipinski definition) is 5. The van der Waals surface area contributed by atoms with Crippen LogP contribution in [0.15, 0.2) is 36.5 Å². The van der Waals surface area contributed by atoms with Crippen molar-refractivity contribution in [2.24, 2.45) is 0 Å². The summed E-state index contributed by atoms with van der Waals surface area (Å²) in [5.74, 6) is 0.609. The van der Waals surface area contributed by atoms with E-state index in [2.05, 4.69) is 14.9 Å². The van der Waals surface area contributed by atoms with Crippen molar-refractivity contribution < 1.29 is 9.59 Å². The number of benzene rings is 1. The maximum absolute atomic E-state index is 12.9. The first-order valence-electron chi connectivity index (χ1n) is 8.31. The topological polar surface area (TPSA) is 69.6 Å². The van der Waals surface area contributed by atoms with E-state index >= 15 is 0 Å². The number of para-hydroxylation sites is 1. The molecule has 0 spiro atoms. The number of anilines is 2. The molecular formula is C18H19N5O2. The van der Waals surface area contributed by atoms with Gasteiger partial charge in [0.2, 0.25) is 0 Å². The zero-order chi connectivity index (χ0) is 17.6. The lowest BCUT2D eigenvalue weighted by molar-refractivity contribution is -0.119. The number of hydrogen-bond donors (Lipinski definition) is 0. The standard InChI is InChI=1S/C18H19N5O2/c1-12-10-19-13(2)16(20-12)21-8-9-22-15(11-21)17(24)23(18(22)25)14-6-4-3-5-7-14/h3-7,10,15H,8-9,11H2,1-2H3. The molecule has 2 aliphatic heterocycles. The van der Waals surface area contributed by atoms with Crippen LogP contribution in [-0.2, 0) is 4.79 Å². The van der Waals surface area contributed by atoms with Gasteiger partial charge in [0, 0.05) is 25.8 Å². The summed E-state index contributed by atoms with van der Waals surface area (Å²) in [7, 11) is 0. The third-order valence-electron chi connectivity index (χ3n) is 4.69. The van der Waals surface area contributed by atoms with E-state index in [9.17, 15) is 9.59 Å².